The van der Waals surface area contributed by atoms with Gasteiger partial charge in [-0.3, -0.25) is 0 Å². The number of hydrogen-bond acceptors (Lipinski definition) is 8. The maximum atomic E-state index is 8.25. The van der Waals surface area contributed by atoms with E-state index in [1.807, 2.05) is 0 Å². The van der Waals surface area contributed by atoms with E-state index < -0.39 is 10.2 Å². The van der Waals surface area contributed by atoms with Gasteiger partial charge in [-0.05, 0) is 0 Å². The molecule has 0 aliphatic heterocycles. The molecule has 0 rings (SSSR count). The molecule has 11 heteroatoms. The van der Waals surface area contributed by atoms with Gasteiger partial charge >= 0.3 is 41.7 Å². The van der Waals surface area contributed by atoms with Gasteiger partial charge in [-0.25, -0.2) is 0 Å². The van der Waals surface area contributed by atoms with Gasteiger partial charge in [0.25, 0.3) is 0 Å². The predicted molar refractivity (Wildman–Crippen MR) is 30.8 cm³/mol. The Morgan fingerprint density at radius 2 is 0.727 bits per heavy atom. The monoisotopic (exact) mass is 298 g/mol. The predicted octanol–water partition coefficient (Wildman–Crippen LogP) is -0.154. The normalized spacial score (nSPS) is 4.36. The molecule has 0 aliphatic rings. The molecular weight excluding hydrogens is 292 g/mol. The summed E-state index contributed by atoms with van der Waals surface area (Å²) in [5, 5.41) is 29.5. The minimum atomic E-state index is -1.75. The van der Waals surface area contributed by atoms with Gasteiger partial charge in [-0.15, -0.1) is 0 Å². The molecule has 0 heterocycles. The van der Waals surface area contributed by atoms with E-state index in [-0.39, 0.29) is 54.0 Å². The molecule has 0 saturated carbocycles. The molecule has 0 bridgehead atoms. The maximum absolute atomic E-state index is 8.25. The molecule has 0 aromatic rings. The van der Waals surface area contributed by atoms with Crippen molar-refractivity contribution in [3.63, 3.8) is 0 Å². The molecule has 0 aromatic carbocycles. The second-order valence-corrected chi connectivity index (χ2v) is 0.447. The Balaban J connectivity index is -0.0000000171. The molecule has 0 aliphatic carbocycles. The Kier molecular flexibility index (Phi) is 63.7. The zero-order chi connectivity index (χ0) is 7.15. The molecule has 11 heavy (non-hydrogen) atoms. The first kappa shape index (κ1) is 31.0. The maximum Gasteiger partial charge on any atom is 4.00 e. The molecule has 0 aromatic heterocycles. The van der Waals surface area contributed by atoms with Crippen molar-refractivity contribution in [3.8, 4) is 0 Å². The number of rotatable bonds is 0. The summed E-state index contributed by atoms with van der Waals surface area (Å²) < 4.78 is 0. The van der Waals surface area contributed by atoms with E-state index in [1.165, 1.54) is 0 Å². The molecule has 0 amide bonds. The van der Waals surface area contributed by atoms with Crippen LogP contribution in [0, 0.1) is 72.4 Å². The summed E-state index contributed by atoms with van der Waals surface area (Å²) in [5.41, 5.74) is 0. The third-order valence-corrected chi connectivity index (χ3v) is 0. The van der Waals surface area contributed by atoms with Crippen LogP contribution in [0.2, 0.25) is 0 Å². The van der Waals surface area contributed by atoms with Crippen LogP contribution in [-0.4, -0.2) is 10.2 Å². The van der Waals surface area contributed by atoms with E-state index >= 15 is 0 Å². The summed E-state index contributed by atoms with van der Waals surface area (Å²) >= 11 is 0. The summed E-state index contributed by atoms with van der Waals surface area (Å²) in [7, 11) is 0. The van der Waals surface area contributed by atoms with Crippen molar-refractivity contribution in [3.05, 3.63) is 30.6 Å². The van der Waals surface area contributed by atoms with E-state index in [0.717, 1.165) is 0 Å². The van der Waals surface area contributed by atoms with Gasteiger partial charge in [0, 0.05) is 0 Å². The van der Waals surface area contributed by atoms with Crippen LogP contribution in [0.25, 0.3) is 0 Å². The summed E-state index contributed by atoms with van der Waals surface area (Å²) in [6, 6.07) is 0. The quantitative estimate of drug-likeness (QED) is 0.453. The van der Waals surface area contributed by atoms with Crippen molar-refractivity contribution < 1.29 is 51.9 Å². The van der Waals surface area contributed by atoms with Crippen LogP contribution in [-0.2, 0) is 0 Å². The summed E-state index contributed by atoms with van der Waals surface area (Å²) in [6.45, 7) is 0. The fourth-order valence-electron chi connectivity index (χ4n) is 0. The Morgan fingerprint density at radius 3 is 0.727 bits per heavy atom. The summed E-state index contributed by atoms with van der Waals surface area (Å²) in [4.78, 5) is 16.5. The minimum Gasteiger partial charge on any atom is -0.356 e. The molecule has 0 fully saturated rings. The molecule has 0 unspecified atom stereocenters. The van der Waals surface area contributed by atoms with Crippen LogP contribution in [0.3, 0.4) is 0 Å². The van der Waals surface area contributed by atoms with Gasteiger partial charge in [0.1, 0.15) is 0 Å². The SMILES string of the molecule is N.N.O=[N+]([O-])[O-].O=[N+]([O-])[O-].[Ce+4]. The molecule has 64 valence electrons. The Bertz CT molecular complexity index is 72.6. The Labute approximate surface area is 94.3 Å². The molecule has 10 nitrogen and oxygen atoms in total. The summed E-state index contributed by atoms with van der Waals surface area (Å²) in [5.74, 6) is 0. The van der Waals surface area contributed by atoms with E-state index in [0.29, 0.717) is 0 Å². The van der Waals surface area contributed by atoms with Crippen LogP contribution < -0.4 is 12.3 Å². The van der Waals surface area contributed by atoms with Crippen LogP contribution in [0.4, 0.5) is 0 Å². The summed E-state index contributed by atoms with van der Waals surface area (Å²) in [6.07, 6.45) is 0. The second-order valence-electron chi connectivity index (χ2n) is 0.447. The van der Waals surface area contributed by atoms with Gasteiger partial charge < -0.3 is 42.9 Å². The first-order chi connectivity index (χ1) is 3.46. The van der Waals surface area contributed by atoms with Crippen molar-refractivity contribution >= 4 is 0 Å². The van der Waals surface area contributed by atoms with Gasteiger partial charge in [0.2, 0.25) is 0 Å². The first-order valence-corrected chi connectivity index (χ1v) is 1.10. The number of nitrogens with zero attached hydrogens (tertiary/aromatic N) is 2. The van der Waals surface area contributed by atoms with Crippen molar-refractivity contribution in [2.45, 2.75) is 0 Å². The Hall–Kier alpha value is -0.303. The van der Waals surface area contributed by atoms with Crippen LogP contribution >= 0.6 is 0 Å². The molecule has 6 N–H and O–H groups in total. The fraction of sp³-hybridized carbons (Fsp3) is 0. The Morgan fingerprint density at radius 1 is 0.727 bits per heavy atom. The van der Waals surface area contributed by atoms with Gasteiger partial charge in [-0.2, -0.15) is 0 Å². The average Bonchev–Trinajstić information content (AvgIpc) is 1.25. The van der Waals surface area contributed by atoms with E-state index in [2.05, 4.69) is 0 Å². The van der Waals surface area contributed by atoms with Crippen molar-refractivity contribution in [1.29, 1.82) is 0 Å². The zero-order valence-electron chi connectivity index (χ0n) is 5.26. The third kappa shape index (κ3) is 6240. The van der Waals surface area contributed by atoms with Gasteiger partial charge in [0.15, 0.2) is 0 Å². The smallest absolute Gasteiger partial charge is 0.356 e. The van der Waals surface area contributed by atoms with E-state index in [9.17, 15) is 0 Å². The molecule has 0 saturated heterocycles. The van der Waals surface area contributed by atoms with Gasteiger partial charge in [-0.1, -0.05) is 0 Å². The second kappa shape index (κ2) is 22.6. The van der Waals surface area contributed by atoms with Crippen LogP contribution in [0.15, 0.2) is 0 Å². The molecule has 0 radical (unpaired) electrons. The minimum absolute atomic E-state index is 0. The van der Waals surface area contributed by atoms with Crippen molar-refractivity contribution in [2.24, 2.45) is 0 Å². The fourth-order valence-corrected chi connectivity index (χ4v) is 0. The van der Waals surface area contributed by atoms with Crippen LogP contribution in [0.5, 0.6) is 0 Å². The molecule has 0 spiro atoms. The van der Waals surface area contributed by atoms with Crippen molar-refractivity contribution in [2.75, 3.05) is 0 Å². The van der Waals surface area contributed by atoms with Gasteiger partial charge in [0.05, 0.1) is 10.2 Å². The van der Waals surface area contributed by atoms with Crippen LogP contribution in [0.1, 0.15) is 0 Å². The average molecular weight is 298 g/mol. The standard InChI is InChI=1S/Ce.2NO3.2H3N/c;2*2-1(3)4;;/h;;;2*1H3/q+4;2*-1;;. The first-order valence-electron chi connectivity index (χ1n) is 1.10. The molecule has 0 atom stereocenters. The van der Waals surface area contributed by atoms with E-state index in [4.69, 9.17) is 30.6 Å². The molecular formula is H6CeN4O6+2. The number of hydrogen-bond donors (Lipinski definition) is 2. The topological polar surface area (TPSA) is 202 Å². The third-order valence-electron chi connectivity index (χ3n) is 0. The van der Waals surface area contributed by atoms with Crippen molar-refractivity contribution in [1.82, 2.24) is 12.3 Å². The van der Waals surface area contributed by atoms with E-state index in [1.54, 1.807) is 0 Å². The largest absolute Gasteiger partial charge is 4.00 e. The zero-order valence-corrected chi connectivity index (χ0v) is 8.40.